The van der Waals surface area contributed by atoms with Crippen LogP contribution in [0.25, 0.3) is 10.8 Å². The van der Waals surface area contributed by atoms with Crippen molar-refractivity contribution in [2.45, 2.75) is 26.3 Å². The van der Waals surface area contributed by atoms with Crippen LogP contribution < -0.4 is 5.32 Å². The lowest BCUT2D eigenvalue weighted by Gasteiger charge is -2.16. The normalized spacial score (nSPS) is 10.8. The fourth-order valence-corrected chi connectivity index (χ4v) is 2.72. The second-order valence-corrected chi connectivity index (χ2v) is 5.93. The van der Waals surface area contributed by atoms with Gasteiger partial charge in [0.1, 0.15) is 6.54 Å². The molecule has 3 aromatic rings. The molecular weight excluding hydrogens is 316 g/mol. The van der Waals surface area contributed by atoms with Crippen molar-refractivity contribution < 1.29 is 9.32 Å². The predicted octanol–water partition coefficient (Wildman–Crippen LogP) is 3.17. The van der Waals surface area contributed by atoms with Crippen molar-refractivity contribution in [2.24, 2.45) is 0 Å². The SMILES string of the molecule is CCc1noc(CN(C)C(=O)NCCc2cccc3ccccc23)n1. The van der Waals surface area contributed by atoms with Gasteiger partial charge in [-0.2, -0.15) is 4.98 Å². The van der Waals surface area contributed by atoms with Gasteiger partial charge in [0, 0.05) is 20.0 Å². The summed E-state index contributed by atoms with van der Waals surface area (Å²) in [5, 5.41) is 9.21. The molecule has 130 valence electrons. The number of rotatable bonds is 6. The molecule has 0 atom stereocenters. The standard InChI is InChI=1S/C19H22N4O2/c1-3-17-21-18(25-22-17)13-23(2)19(24)20-12-11-15-9-6-8-14-7-4-5-10-16(14)15/h4-10H,3,11-13H2,1-2H3,(H,20,24). The van der Waals surface area contributed by atoms with Crippen molar-refractivity contribution in [1.82, 2.24) is 20.4 Å². The van der Waals surface area contributed by atoms with Crippen LogP contribution in [0.15, 0.2) is 47.0 Å². The highest BCUT2D eigenvalue weighted by atomic mass is 16.5. The zero-order valence-corrected chi connectivity index (χ0v) is 14.5. The number of carbonyl (C=O) groups is 1. The number of benzene rings is 2. The largest absolute Gasteiger partial charge is 0.338 e. The molecule has 25 heavy (non-hydrogen) atoms. The van der Waals surface area contributed by atoms with E-state index in [2.05, 4.69) is 39.7 Å². The molecule has 0 radical (unpaired) electrons. The fourth-order valence-electron chi connectivity index (χ4n) is 2.72. The van der Waals surface area contributed by atoms with E-state index in [0.29, 0.717) is 31.2 Å². The third kappa shape index (κ3) is 4.15. The summed E-state index contributed by atoms with van der Waals surface area (Å²) in [5.74, 6) is 1.10. The Morgan fingerprint density at radius 2 is 2.00 bits per heavy atom. The lowest BCUT2D eigenvalue weighted by atomic mass is 10.0. The smallest absolute Gasteiger partial charge is 0.317 e. The first kappa shape index (κ1) is 17.0. The van der Waals surface area contributed by atoms with Gasteiger partial charge in [-0.15, -0.1) is 0 Å². The topological polar surface area (TPSA) is 71.3 Å². The summed E-state index contributed by atoms with van der Waals surface area (Å²) in [5.41, 5.74) is 1.23. The van der Waals surface area contributed by atoms with Crippen molar-refractivity contribution in [2.75, 3.05) is 13.6 Å². The van der Waals surface area contributed by atoms with Crippen molar-refractivity contribution in [3.8, 4) is 0 Å². The summed E-state index contributed by atoms with van der Waals surface area (Å²) >= 11 is 0. The van der Waals surface area contributed by atoms with Crippen LogP contribution >= 0.6 is 0 Å². The van der Waals surface area contributed by atoms with Crippen LogP contribution in [0.5, 0.6) is 0 Å². The molecular formula is C19H22N4O2. The Morgan fingerprint density at radius 1 is 1.20 bits per heavy atom. The molecule has 0 spiro atoms. The van der Waals surface area contributed by atoms with Crippen LogP contribution in [0.3, 0.4) is 0 Å². The van der Waals surface area contributed by atoms with E-state index in [1.165, 1.54) is 21.2 Å². The van der Waals surface area contributed by atoms with Crippen molar-refractivity contribution >= 4 is 16.8 Å². The molecule has 0 fully saturated rings. The van der Waals surface area contributed by atoms with Gasteiger partial charge in [0.05, 0.1) is 0 Å². The van der Waals surface area contributed by atoms with E-state index in [0.717, 1.165) is 6.42 Å². The Hall–Kier alpha value is -2.89. The molecule has 2 amide bonds. The molecule has 1 heterocycles. The van der Waals surface area contributed by atoms with Gasteiger partial charge in [0.15, 0.2) is 5.82 Å². The molecule has 0 saturated heterocycles. The van der Waals surface area contributed by atoms with Crippen LogP contribution in [-0.2, 0) is 19.4 Å². The Balaban J connectivity index is 1.53. The third-order valence-electron chi connectivity index (χ3n) is 4.10. The van der Waals surface area contributed by atoms with E-state index in [1.54, 1.807) is 7.05 Å². The molecule has 1 N–H and O–H groups in total. The van der Waals surface area contributed by atoms with Gasteiger partial charge in [-0.1, -0.05) is 54.5 Å². The number of amides is 2. The number of nitrogens with zero attached hydrogens (tertiary/aromatic N) is 3. The Labute approximate surface area is 146 Å². The average molecular weight is 338 g/mol. The maximum Gasteiger partial charge on any atom is 0.317 e. The molecule has 6 heteroatoms. The van der Waals surface area contributed by atoms with Crippen LogP contribution in [-0.4, -0.2) is 34.7 Å². The van der Waals surface area contributed by atoms with Gasteiger partial charge in [-0.25, -0.2) is 4.79 Å². The molecule has 0 bridgehead atoms. The van der Waals surface area contributed by atoms with E-state index >= 15 is 0 Å². The zero-order chi connectivity index (χ0) is 17.6. The molecule has 0 unspecified atom stereocenters. The molecule has 0 aliphatic rings. The zero-order valence-electron chi connectivity index (χ0n) is 14.5. The van der Waals surface area contributed by atoms with E-state index in [9.17, 15) is 4.79 Å². The minimum atomic E-state index is -0.156. The average Bonchev–Trinajstić information content (AvgIpc) is 3.09. The van der Waals surface area contributed by atoms with E-state index in [-0.39, 0.29) is 6.03 Å². The van der Waals surface area contributed by atoms with Gasteiger partial charge in [-0.3, -0.25) is 0 Å². The molecule has 0 aliphatic carbocycles. The van der Waals surface area contributed by atoms with E-state index < -0.39 is 0 Å². The number of aromatic nitrogens is 2. The maximum atomic E-state index is 12.2. The van der Waals surface area contributed by atoms with Crippen molar-refractivity contribution in [3.05, 3.63) is 59.7 Å². The molecule has 1 aromatic heterocycles. The van der Waals surface area contributed by atoms with Gasteiger partial charge >= 0.3 is 6.03 Å². The Morgan fingerprint density at radius 3 is 2.80 bits per heavy atom. The van der Waals surface area contributed by atoms with Crippen LogP contribution in [0.2, 0.25) is 0 Å². The first-order valence-electron chi connectivity index (χ1n) is 8.44. The molecule has 6 nitrogen and oxygen atoms in total. The molecule has 0 saturated carbocycles. The summed E-state index contributed by atoms with van der Waals surface area (Å²) in [4.78, 5) is 18.0. The van der Waals surface area contributed by atoms with Crippen LogP contribution in [0, 0.1) is 0 Å². The predicted molar refractivity (Wildman–Crippen MR) is 96.2 cm³/mol. The minimum absolute atomic E-state index is 0.156. The maximum absolute atomic E-state index is 12.2. The summed E-state index contributed by atoms with van der Waals surface area (Å²) < 4.78 is 5.12. The van der Waals surface area contributed by atoms with Gasteiger partial charge in [0.25, 0.3) is 0 Å². The number of hydrogen-bond acceptors (Lipinski definition) is 4. The Bertz CT molecular complexity index is 854. The monoisotopic (exact) mass is 338 g/mol. The number of hydrogen-bond donors (Lipinski definition) is 1. The highest BCUT2D eigenvalue weighted by molar-refractivity contribution is 5.85. The van der Waals surface area contributed by atoms with Crippen molar-refractivity contribution in [1.29, 1.82) is 0 Å². The van der Waals surface area contributed by atoms with E-state index in [4.69, 9.17) is 4.52 Å². The first-order valence-corrected chi connectivity index (χ1v) is 8.44. The summed E-state index contributed by atoms with van der Waals surface area (Å²) in [6, 6.07) is 14.4. The van der Waals surface area contributed by atoms with Crippen molar-refractivity contribution in [3.63, 3.8) is 0 Å². The van der Waals surface area contributed by atoms with Gasteiger partial charge in [0.2, 0.25) is 5.89 Å². The second-order valence-electron chi connectivity index (χ2n) is 5.93. The third-order valence-corrected chi connectivity index (χ3v) is 4.10. The lowest BCUT2D eigenvalue weighted by Crippen LogP contribution is -2.37. The first-order chi connectivity index (χ1) is 12.2. The van der Waals surface area contributed by atoms with Gasteiger partial charge in [-0.05, 0) is 22.8 Å². The summed E-state index contributed by atoms with van der Waals surface area (Å²) in [6.07, 6.45) is 1.49. The second kappa shape index (κ2) is 7.79. The molecule has 0 aliphatic heterocycles. The number of fused-ring (bicyclic) bond motifs is 1. The summed E-state index contributed by atoms with van der Waals surface area (Å²) in [7, 11) is 1.71. The number of carbonyl (C=O) groups excluding carboxylic acids is 1. The minimum Gasteiger partial charge on any atom is -0.338 e. The van der Waals surface area contributed by atoms with Crippen LogP contribution in [0.1, 0.15) is 24.2 Å². The van der Waals surface area contributed by atoms with Crippen LogP contribution in [0.4, 0.5) is 4.79 Å². The quantitative estimate of drug-likeness (QED) is 0.749. The number of urea groups is 1. The molecule has 2 aromatic carbocycles. The summed E-state index contributed by atoms with van der Waals surface area (Å²) in [6.45, 7) is 2.83. The van der Waals surface area contributed by atoms with Gasteiger partial charge < -0.3 is 14.7 Å². The lowest BCUT2D eigenvalue weighted by molar-refractivity contribution is 0.199. The Kier molecular flexibility index (Phi) is 5.28. The molecule has 3 rings (SSSR count). The highest BCUT2D eigenvalue weighted by Crippen LogP contribution is 2.18. The number of aryl methyl sites for hydroxylation is 1. The number of nitrogens with one attached hydrogen (secondary N) is 1. The highest BCUT2D eigenvalue weighted by Gasteiger charge is 2.13. The van der Waals surface area contributed by atoms with E-state index in [1.807, 2.05) is 25.1 Å². The fraction of sp³-hybridized carbons (Fsp3) is 0.316.